The van der Waals surface area contributed by atoms with Crippen molar-refractivity contribution in [1.82, 2.24) is 25.7 Å². The lowest BCUT2D eigenvalue weighted by Crippen LogP contribution is -2.48. The molecule has 146 valence electrons. The number of nitrogens with one attached hydrogen (secondary N) is 3. The molecule has 14 heteroatoms. The molecule has 1 atom stereocenters. The molecule has 28 heavy (non-hydrogen) atoms. The molecule has 2 aromatic heterocycles. The van der Waals surface area contributed by atoms with E-state index in [-0.39, 0.29) is 16.4 Å². The number of carbonyl (C=O) groups excluding carboxylic acids is 3. The first-order valence-corrected chi connectivity index (χ1v) is 8.65. The number of nitrogens with zero attached hydrogens (tertiary/aromatic N) is 4. The Labute approximate surface area is 158 Å². The van der Waals surface area contributed by atoms with Crippen LogP contribution in [0.1, 0.15) is 5.56 Å². The number of hydrogen-bond acceptors (Lipinski definition) is 7. The molecule has 3 rings (SSSR count). The van der Waals surface area contributed by atoms with Gasteiger partial charge < -0.3 is 10.6 Å². The van der Waals surface area contributed by atoms with E-state index in [1.54, 1.807) is 6.26 Å². The minimum Gasteiger partial charge on any atom is -0.309 e. The van der Waals surface area contributed by atoms with Gasteiger partial charge in [0.25, 0.3) is 5.91 Å². The highest BCUT2D eigenvalue weighted by atomic mass is 32.2. The second-order valence-electron chi connectivity index (χ2n) is 5.34. The first kappa shape index (κ1) is 19.5. The SMILES string of the molecule is CSC1=NC(=O)C(C(=O)Nc2ncc(-c3cn[nH]n3)cc2C(F)(F)F)C(=O)N1. The van der Waals surface area contributed by atoms with Gasteiger partial charge in [0, 0.05) is 11.8 Å². The van der Waals surface area contributed by atoms with E-state index >= 15 is 0 Å². The Morgan fingerprint density at radius 1 is 1.29 bits per heavy atom. The summed E-state index contributed by atoms with van der Waals surface area (Å²) in [7, 11) is 0. The minimum absolute atomic E-state index is 0.000211. The zero-order valence-electron chi connectivity index (χ0n) is 13.9. The van der Waals surface area contributed by atoms with Gasteiger partial charge >= 0.3 is 6.18 Å². The van der Waals surface area contributed by atoms with Crippen molar-refractivity contribution in [2.24, 2.45) is 10.9 Å². The van der Waals surface area contributed by atoms with Crippen LogP contribution >= 0.6 is 11.8 Å². The van der Waals surface area contributed by atoms with E-state index in [1.807, 2.05) is 5.32 Å². The number of halogens is 3. The number of H-pyrrole nitrogens is 1. The number of hydrogen-bond donors (Lipinski definition) is 3. The zero-order chi connectivity index (χ0) is 20.5. The van der Waals surface area contributed by atoms with Crippen LogP contribution in [0.5, 0.6) is 0 Å². The maximum Gasteiger partial charge on any atom is 0.419 e. The van der Waals surface area contributed by atoms with Crippen molar-refractivity contribution in [3.05, 3.63) is 24.0 Å². The molecule has 1 unspecified atom stereocenters. The molecule has 3 amide bonds. The number of aliphatic imine (C=N–C) groups is 1. The second kappa shape index (κ2) is 7.38. The van der Waals surface area contributed by atoms with Crippen LogP contribution in [0.25, 0.3) is 11.3 Å². The molecule has 0 radical (unpaired) electrons. The van der Waals surface area contributed by atoms with E-state index in [1.165, 1.54) is 6.20 Å². The van der Waals surface area contributed by atoms with Gasteiger partial charge in [0.15, 0.2) is 11.1 Å². The maximum atomic E-state index is 13.4. The van der Waals surface area contributed by atoms with E-state index < -0.39 is 41.2 Å². The molecule has 0 aliphatic carbocycles. The number of pyridine rings is 1. The van der Waals surface area contributed by atoms with Gasteiger partial charge in [-0.15, -0.1) is 0 Å². The number of rotatable bonds is 3. The van der Waals surface area contributed by atoms with Crippen molar-refractivity contribution in [2.45, 2.75) is 6.18 Å². The van der Waals surface area contributed by atoms with Gasteiger partial charge in [0.05, 0.1) is 11.8 Å². The van der Waals surface area contributed by atoms with Gasteiger partial charge in [-0.25, -0.2) is 4.98 Å². The van der Waals surface area contributed by atoms with Crippen LogP contribution in [0, 0.1) is 5.92 Å². The first-order chi connectivity index (χ1) is 13.2. The molecule has 3 N–H and O–H groups in total. The summed E-state index contributed by atoms with van der Waals surface area (Å²) in [6.45, 7) is 0. The van der Waals surface area contributed by atoms with Crippen molar-refractivity contribution >= 4 is 40.5 Å². The van der Waals surface area contributed by atoms with E-state index in [2.05, 4.69) is 30.7 Å². The van der Waals surface area contributed by atoms with Crippen LogP contribution < -0.4 is 10.6 Å². The molecule has 10 nitrogen and oxygen atoms in total. The molecule has 0 bridgehead atoms. The lowest BCUT2D eigenvalue weighted by molar-refractivity contribution is -0.139. The lowest BCUT2D eigenvalue weighted by Gasteiger charge is -2.19. The fraction of sp³-hybridized carbons (Fsp3) is 0.214. The summed E-state index contributed by atoms with van der Waals surface area (Å²) in [5.74, 6) is -6.13. The molecule has 1 aliphatic rings. The molecule has 1 aliphatic heterocycles. The van der Waals surface area contributed by atoms with E-state index in [0.717, 1.165) is 18.0 Å². The molecule has 0 aromatic carbocycles. The highest BCUT2D eigenvalue weighted by molar-refractivity contribution is 8.13. The summed E-state index contributed by atoms with van der Waals surface area (Å²) in [5, 5.41) is 13.5. The predicted octanol–water partition coefficient (Wildman–Crippen LogP) is 0.816. The van der Waals surface area contributed by atoms with Gasteiger partial charge in [-0.1, -0.05) is 11.8 Å². The Morgan fingerprint density at radius 3 is 2.61 bits per heavy atom. The minimum atomic E-state index is -4.88. The summed E-state index contributed by atoms with van der Waals surface area (Å²) in [4.78, 5) is 43.2. The average Bonchev–Trinajstić information content (AvgIpc) is 3.15. The predicted molar refractivity (Wildman–Crippen MR) is 90.8 cm³/mol. The number of alkyl halides is 3. The summed E-state index contributed by atoms with van der Waals surface area (Å²) in [6.07, 6.45) is -1.10. The fourth-order valence-corrected chi connectivity index (χ4v) is 2.64. The van der Waals surface area contributed by atoms with Gasteiger partial charge in [0.2, 0.25) is 11.8 Å². The normalized spacial score (nSPS) is 17.1. The molecule has 0 saturated carbocycles. The van der Waals surface area contributed by atoms with Crippen LogP contribution in [0.3, 0.4) is 0 Å². The van der Waals surface area contributed by atoms with E-state index in [9.17, 15) is 27.6 Å². The van der Waals surface area contributed by atoms with Gasteiger partial charge in [-0.05, 0) is 12.3 Å². The number of thioether (sulfide) groups is 1. The summed E-state index contributed by atoms with van der Waals surface area (Å²) < 4.78 is 40.2. The van der Waals surface area contributed by atoms with Crippen LogP contribution in [0.15, 0.2) is 23.5 Å². The van der Waals surface area contributed by atoms with Crippen molar-refractivity contribution in [3.63, 3.8) is 0 Å². The van der Waals surface area contributed by atoms with Gasteiger partial charge in [0.1, 0.15) is 11.5 Å². The van der Waals surface area contributed by atoms with E-state index in [0.29, 0.717) is 6.07 Å². The van der Waals surface area contributed by atoms with Gasteiger partial charge in [-0.3, -0.25) is 14.4 Å². The largest absolute Gasteiger partial charge is 0.419 e. The summed E-state index contributed by atoms with van der Waals surface area (Å²) in [5.41, 5.74) is -1.17. The maximum absolute atomic E-state index is 13.4. The highest BCUT2D eigenvalue weighted by Gasteiger charge is 2.40. The third-order valence-electron chi connectivity index (χ3n) is 3.55. The zero-order valence-corrected chi connectivity index (χ0v) is 14.7. The number of amidine groups is 1. The number of aromatic amines is 1. The molecule has 2 aromatic rings. The number of anilines is 1. The molecule has 3 heterocycles. The van der Waals surface area contributed by atoms with Crippen LogP contribution in [-0.2, 0) is 20.6 Å². The second-order valence-corrected chi connectivity index (χ2v) is 6.14. The van der Waals surface area contributed by atoms with E-state index in [4.69, 9.17) is 0 Å². The first-order valence-electron chi connectivity index (χ1n) is 7.42. The van der Waals surface area contributed by atoms with Crippen molar-refractivity contribution in [2.75, 3.05) is 11.6 Å². The lowest BCUT2D eigenvalue weighted by atomic mass is 10.1. The average molecular weight is 413 g/mol. The Hall–Kier alpha value is -3.29. The summed E-state index contributed by atoms with van der Waals surface area (Å²) >= 11 is 0.968. The quantitative estimate of drug-likeness (QED) is 0.632. The highest BCUT2D eigenvalue weighted by Crippen LogP contribution is 2.36. The number of aromatic nitrogens is 4. The Morgan fingerprint density at radius 2 is 2.04 bits per heavy atom. The topological polar surface area (TPSA) is 142 Å². The third-order valence-corrected chi connectivity index (χ3v) is 4.13. The van der Waals surface area contributed by atoms with Crippen molar-refractivity contribution in [3.8, 4) is 11.3 Å². The molecule has 0 saturated heterocycles. The van der Waals surface area contributed by atoms with Crippen molar-refractivity contribution in [1.29, 1.82) is 0 Å². The van der Waals surface area contributed by atoms with Gasteiger partial charge in [-0.2, -0.15) is 33.6 Å². The Balaban J connectivity index is 1.91. The van der Waals surface area contributed by atoms with Crippen LogP contribution in [0.4, 0.5) is 19.0 Å². The van der Waals surface area contributed by atoms with Crippen LogP contribution in [0.2, 0.25) is 0 Å². The van der Waals surface area contributed by atoms with Crippen molar-refractivity contribution < 1.29 is 27.6 Å². The number of carbonyl (C=O) groups is 3. The Bertz CT molecular complexity index is 975. The summed E-state index contributed by atoms with van der Waals surface area (Å²) in [6, 6.07) is 0.715. The third kappa shape index (κ3) is 3.85. The molecule has 0 spiro atoms. The number of amides is 3. The smallest absolute Gasteiger partial charge is 0.309 e. The molecular weight excluding hydrogens is 403 g/mol. The standard InChI is InChI=1S/C14H10F3N7O3S/c1-28-13-21-11(26)8(12(27)22-13)10(25)20-9-6(14(15,16)17)2-5(3-18-9)7-4-19-24-23-7/h2-4,8H,1H3,(H,18,20,25)(H,19,23,24)(H,21,22,26,27). The monoisotopic (exact) mass is 413 g/mol. The molecular formula is C14H10F3N7O3S. The Kier molecular flexibility index (Phi) is 5.13. The van der Waals surface area contributed by atoms with Crippen LogP contribution in [-0.4, -0.2) is 49.5 Å². The molecule has 0 fully saturated rings. The fourth-order valence-electron chi connectivity index (χ4n) is 2.26.